The second-order valence-corrected chi connectivity index (χ2v) is 7.44. The summed E-state index contributed by atoms with van der Waals surface area (Å²) in [5, 5.41) is 9.46. The molecule has 100 valence electrons. The van der Waals surface area contributed by atoms with Crippen molar-refractivity contribution in [2.75, 3.05) is 27.2 Å². The van der Waals surface area contributed by atoms with Crippen molar-refractivity contribution in [1.29, 1.82) is 0 Å². The Morgan fingerprint density at radius 3 is 2.24 bits per heavy atom. The molecule has 3 nitrogen and oxygen atoms in total. The molecule has 1 atom stereocenters. The number of hydrogen-bond acceptors (Lipinski definition) is 1. The Kier molecular flexibility index (Phi) is 3.92. The van der Waals surface area contributed by atoms with E-state index in [4.69, 9.17) is 0 Å². The first-order valence-corrected chi connectivity index (χ1v) is 6.62. The van der Waals surface area contributed by atoms with Crippen LogP contribution >= 0.6 is 0 Å². The monoisotopic (exact) mass is 242 g/mol. The van der Waals surface area contributed by atoms with Gasteiger partial charge in [-0.1, -0.05) is 13.8 Å². The minimum atomic E-state index is -0.627. The molecule has 0 bridgehead atoms. The summed E-state index contributed by atoms with van der Waals surface area (Å²) >= 11 is 0. The molecule has 0 aromatic carbocycles. The van der Waals surface area contributed by atoms with Crippen LogP contribution in [0.3, 0.4) is 0 Å². The fraction of sp³-hybridized carbons (Fsp3) is 0.929. The number of carbonyl (C=O) groups is 1. The van der Waals surface area contributed by atoms with Gasteiger partial charge in [-0.05, 0) is 31.6 Å². The normalized spacial score (nSPS) is 33.2. The molecule has 1 heterocycles. The Balaban J connectivity index is 2.91. The summed E-state index contributed by atoms with van der Waals surface area (Å²) in [6.45, 7) is 8.56. The topological polar surface area (TPSA) is 37.3 Å². The van der Waals surface area contributed by atoms with Crippen molar-refractivity contribution in [3.05, 3.63) is 0 Å². The van der Waals surface area contributed by atoms with E-state index in [0.717, 1.165) is 43.3 Å². The van der Waals surface area contributed by atoms with E-state index in [1.807, 2.05) is 6.92 Å². The van der Waals surface area contributed by atoms with Crippen molar-refractivity contribution in [3.8, 4) is 0 Å². The van der Waals surface area contributed by atoms with Crippen LogP contribution in [0.2, 0.25) is 0 Å². The van der Waals surface area contributed by atoms with Gasteiger partial charge in [0.15, 0.2) is 0 Å². The maximum absolute atomic E-state index is 11.5. The standard InChI is InChI=1S/C14H27NO2/c1-13(2)8-10-15(4,5)9-6-7-14(3,11-13)12(16)17/h6-11H2,1-5H3/p+1. The van der Waals surface area contributed by atoms with Crippen LogP contribution in [-0.2, 0) is 4.79 Å². The van der Waals surface area contributed by atoms with E-state index >= 15 is 0 Å². The van der Waals surface area contributed by atoms with Crippen LogP contribution in [0.25, 0.3) is 0 Å². The van der Waals surface area contributed by atoms with Gasteiger partial charge in [0.1, 0.15) is 0 Å². The molecule has 1 aliphatic rings. The maximum Gasteiger partial charge on any atom is 0.309 e. The third-order valence-electron chi connectivity index (χ3n) is 4.27. The van der Waals surface area contributed by atoms with Crippen molar-refractivity contribution in [3.63, 3.8) is 0 Å². The van der Waals surface area contributed by atoms with Gasteiger partial charge < -0.3 is 9.59 Å². The third-order valence-corrected chi connectivity index (χ3v) is 4.27. The number of nitrogens with zero attached hydrogens (tertiary/aromatic N) is 1. The molecule has 1 saturated heterocycles. The minimum absolute atomic E-state index is 0.118. The first-order chi connectivity index (χ1) is 7.56. The highest BCUT2D eigenvalue weighted by Gasteiger charge is 2.40. The average Bonchev–Trinajstić information content (AvgIpc) is 2.16. The Labute approximate surface area is 105 Å². The number of quaternary nitrogens is 1. The second-order valence-electron chi connectivity index (χ2n) is 7.44. The predicted octanol–water partition coefficient (Wildman–Crippen LogP) is 2.75. The summed E-state index contributed by atoms with van der Waals surface area (Å²) < 4.78 is 1.01. The smallest absolute Gasteiger partial charge is 0.309 e. The number of rotatable bonds is 1. The Morgan fingerprint density at radius 2 is 1.71 bits per heavy atom. The van der Waals surface area contributed by atoms with E-state index in [-0.39, 0.29) is 5.41 Å². The van der Waals surface area contributed by atoms with Gasteiger partial charge in [0.25, 0.3) is 0 Å². The van der Waals surface area contributed by atoms with E-state index in [1.165, 1.54) is 0 Å². The zero-order chi connectivity index (χ0) is 13.3. The van der Waals surface area contributed by atoms with E-state index in [1.54, 1.807) is 0 Å². The molecule has 3 heteroatoms. The van der Waals surface area contributed by atoms with Gasteiger partial charge >= 0.3 is 5.97 Å². The number of hydrogen-bond donors (Lipinski definition) is 1. The lowest BCUT2D eigenvalue weighted by molar-refractivity contribution is -0.891. The first kappa shape index (κ1) is 14.5. The van der Waals surface area contributed by atoms with Crippen molar-refractivity contribution < 1.29 is 14.4 Å². The fourth-order valence-electron chi connectivity index (χ4n) is 3.03. The number of carboxylic acid groups (broad SMARTS) is 1. The summed E-state index contributed by atoms with van der Waals surface area (Å²) in [4.78, 5) is 11.5. The molecule has 0 aliphatic carbocycles. The van der Waals surface area contributed by atoms with Crippen LogP contribution in [-0.4, -0.2) is 42.7 Å². The molecule has 0 spiro atoms. The lowest BCUT2D eigenvalue weighted by Crippen LogP contribution is -2.42. The molecule has 1 rings (SSSR count). The Morgan fingerprint density at radius 1 is 1.12 bits per heavy atom. The van der Waals surface area contributed by atoms with Crippen molar-refractivity contribution in [1.82, 2.24) is 0 Å². The minimum Gasteiger partial charge on any atom is -0.481 e. The molecule has 0 saturated carbocycles. The predicted molar refractivity (Wildman–Crippen MR) is 69.8 cm³/mol. The van der Waals surface area contributed by atoms with Crippen LogP contribution in [0.1, 0.15) is 46.5 Å². The summed E-state index contributed by atoms with van der Waals surface area (Å²) in [5.74, 6) is -0.627. The SMILES string of the molecule is CC1(C)CC[N+](C)(C)CCCC(C)(C(=O)O)C1. The molecule has 1 N–H and O–H groups in total. The molecule has 0 radical (unpaired) electrons. The molecule has 17 heavy (non-hydrogen) atoms. The molecular formula is C14H28NO2+. The van der Waals surface area contributed by atoms with E-state index in [0.29, 0.717) is 0 Å². The number of carboxylic acids is 1. The van der Waals surface area contributed by atoms with Gasteiger partial charge in [-0.15, -0.1) is 0 Å². The van der Waals surface area contributed by atoms with E-state index in [2.05, 4.69) is 27.9 Å². The Hall–Kier alpha value is -0.570. The molecule has 1 fully saturated rings. The van der Waals surface area contributed by atoms with Gasteiger partial charge in [0.05, 0.1) is 32.6 Å². The third kappa shape index (κ3) is 3.98. The van der Waals surface area contributed by atoms with Crippen molar-refractivity contribution in [2.45, 2.75) is 46.5 Å². The molecule has 1 aliphatic heterocycles. The number of aliphatic carboxylic acids is 1. The molecule has 0 aromatic rings. The highest BCUT2D eigenvalue weighted by molar-refractivity contribution is 5.74. The molecule has 1 unspecified atom stereocenters. The van der Waals surface area contributed by atoms with Gasteiger partial charge in [0.2, 0.25) is 0 Å². The molecule has 0 aromatic heterocycles. The highest BCUT2D eigenvalue weighted by atomic mass is 16.4. The van der Waals surface area contributed by atoms with Crippen LogP contribution in [0.4, 0.5) is 0 Å². The zero-order valence-electron chi connectivity index (χ0n) is 12.0. The lowest BCUT2D eigenvalue weighted by Gasteiger charge is -2.34. The fourth-order valence-corrected chi connectivity index (χ4v) is 3.03. The average molecular weight is 242 g/mol. The van der Waals surface area contributed by atoms with Gasteiger partial charge in [-0.3, -0.25) is 4.79 Å². The summed E-state index contributed by atoms with van der Waals surface area (Å²) in [7, 11) is 4.50. The van der Waals surface area contributed by atoms with Crippen molar-refractivity contribution >= 4 is 5.97 Å². The largest absolute Gasteiger partial charge is 0.481 e. The lowest BCUT2D eigenvalue weighted by atomic mass is 9.70. The first-order valence-electron chi connectivity index (χ1n) is 6.62. The van der Waals surface area contributed by atoms with Crippen LogP contribution < -0.4 is 0 Å². The second kappa shape index (κ2) is 4.60. The van der Waals surface area contributed by atoms with Gasteiger partial charge in [-0.25, -0.2) is 0 Å². The van der Waals surface area contributed by atoms with Crippen molar-refractivity contribution in [2.24, 2.45) is 10.8 Å². The summed E-state index contributed by atoms with van der Waals surface area (Å²) in [6.07, 6.45) is 3.69. The van der Waals surface area contributed by atoms with E-state index < -0.39 is 11.4 Å². The summed E-state index contributed by atoms with van der Waals surface area (Å²) in [6, 6.07) is 0. The molecular weight excluding hydrogens is 214 g/mol. The zero-order valence-corrected chi connectivity index (χ0v) is 12.0. The van der Waals surface area contributed by atoms with Crippen LogP contribution in [0.15, 0.2) is 0 Å². The van der Waals surface area contributed by atoms with Crippen LogP contribution in [0, 0.1) is 10.8 Å². The van der Waals surface area contributed by atoms with Gasteiger partial charge in [0, 0.05) is 6.42 Å². The highest BCUT2D eigenvalue weighted by Crippen LogP contribution is 2.41. The van der Waals surface area contributed by atoms with Gasteiger partial charge in [-0.2, -0.15) is 0 Å². The summed E-state index contributed by atoms with van der Waals surface area (Å²) in [5.41, 5.74) is -0.430. The quantitative estimate of drug-likeness (QED) is 0.718. The van der Waals surface area contributed by atoms with Crippen LogP contribution in [0.5, 0.6) is 0 Å². The van der Waals surface area contributed by atoms with E-state index in [9.17, 15) is 9.90 Å². The molecule has 0 amide bonds. The maximum atomic E-state index is 11.5. The Bertz CT molecular complexity index is 297.